The Kier molecular flexibility index (Phi) is 5.19. The van der Waals surface area contributed by atoms with Crippen molar-refractivity contribution in [3.8, 4) is 6.07 Å². The molecule has 0 bridgehead atoms. The Bertz CT molecular complexity index is 825. The minimum Gasteiger partial charge on any atom is -0.365 e. The summed E-state index contributed by atoms with van der Waals surface area (Å²) in [5, 5.41) is 20.2. The first-order chi connectivity index (χ1) is 12.5. The Hall–Kier alpha value is -2.92. The number of primary amides is 1. The minimum atomic E-state index is -0.613. The van der Waals surface area contributed by atoms with E-state index in [1.165, 1.54) is 12.1 Å². The van der Waals surface area contributed by atoms with Gasteiger partial charge in [-0.1, -0.05) is 0 Å². The van der Waals surface area contributed by atoms with E-state index in [0.717, 1.165) is 19.3 Å². The lowest BCUT2D eigenvalue weighted by atomic mass is 9.82. The summed E-state index contributed by atoms with van der Waals surface area (Å²) in [5.41, 5.74) is 6.31. The Morgan fingerprint density at radius 2 is 2.12 bits per heavy atom. The van der Waals surface area contributed by atoms with Crippen molar-refractivity contribution in [3.63, 3.8) is 0 Å². The number of hydrogen-bond donors (Lipinski definition) is 3. The van der Waals surface area contributed by atoms with Crippen molar-refractivity contribution in [1.82, 2.24) is 15.1 Å². The van der Waals surface area contributed by atoms with E-state index in [0.29, 0.717) is 17.5 Å². The summed E-state index contributed by atoms with van der Waals surface area (Å²) in [6.45, 7) is 0. The van der Waals surface area contributed by atoms with Gasteiger partial charge in [0.15, 0.2) is 5.82 Å². The number of anilines is 2. The maximum Gasteiger partial charge on any atom is 0.254 e. The fourth-order valence-corrected chi connectivity index (χ4v) is 3.38. The smallest absolute Gasteiger partial charge is 0.254 e. The van der Waals surface area contributed by atoms with Crippen molar-refractivity contribution in [2.75, 3.05) is 12.4 Å². The third-order valence-corrected chi connectivity index (χ3v) is 4.83. The topological polar surface area (TPSA) is 109 Å². The molecule has 0 unspecified atom stereocenters. The van der Waals surface area contributed by atoms with Gasteiger partial charge in [0.2, 0.25) is 0 Å². The molecule has 1 amide bonds. The predicted octanol–water partition coefficient (Wildman–Crippen LogP) is 2.32. The maximum atomic E-state index is 13.1. The highest BCUT2D eigenvalue weighted by molar-refractivity contribution is 5.98. The van der Waals surface area contributed by atoms with Gasteiger partial charge in [-0.2, -0.15) is 10.4 Å². The number of rotatable bonds is 5. The number of carbonyl (C=O) groups excluding carboxylic acids is 1. The van der Waals surface area contributed by atoms with Gasteiger partial charge in [0.25, 0.3) is 5.91 Å². The second-order valence-corrected chi connectivity index (χ2v) is 6.47. The molecule has 4 N–H and O–H groups in total. The molecule has 2 aromatic rings. The lowest BCUT2D eigenvalue weighted by Crippen LogP contribution is -2.36. The number of nitriles is 1. The summed E-state index contributed by atoms with van der Waals surface area (Å²) in [6, 6.07) is 8.27. The molecule has 0 spiro atoms. The summed E-state index contributed by atoms with van der Waals surface area (Å²) in [7, 11) is 1.89. The quantitative estimate of drug-likeness (QED) is 0.762. The van der Waals surface area contributed by atoms with Crippen molar-refractivity contribution in [2.24, 2.45) is 11.7 Å². The van der Waals surface area contributed by atoms with E-state index in [-0.39, 0.29) is 23.3 Å². The van der Waals surface area contributed by atoms with Gasteiger partial charge < -0.3 is 16.4 Å². The van der Waals surface area contributed by atoms with E-state index in [4.69, 9.17) is 5.73 Å². The Labute approximate surface area is 151 Å². The normalized spacial score (nSPS) is 22.6. The van der Waals surface area contributed by atoms with Gasteiger partial charge in [0.05, 0.1) is 18.0 Å². The van der Waals surface area contributed by atoms with Crippen LogP contribution in [0.15, 0.2) is 30.5 Å². The van der Waals surface area contributed by atoms with Crippen molar-refractivity contribution < 1.29 is 9.18 Å². The van der Waals surface area contributed by atoms with Gasteiger partial charge in [0, 0.05) is 17.9 Å². The molecule has 1 aliphatic rings. The number of amides is 1. The van der Waals surface area contributed by atoms with Gasteiger partial charge in [0.1, 0.15) is 11.4 Å². The van der Waals surface area contributed by atoms with E-state index in [1.54, 1.807) is 23.0 Å². The molecule has 3 rings (SSSR count). The molecule has 1 heterocycles. The Morgan fingerprint density at radius 1 is 1.38 bits per heavy atom. The van der Waals surface area contributed by atoms with Crippen LogP contribution in [0.2, 0.25) is 0 Å². The highest BCUT2D eigenvalue weighted by Gasteiger charge is 2.32. The minimum absolute atomic E-state index is 0.119. The molecule has 3 atom stereocenters. The van der Waals surface area contributed by atoms with Gasteiger partial charge in [-0.15, -0.1) is 0 Å². The molecule has 7 nitrogen and oxygen atoms in total. The number of carbonyl (C=O) groups is 1. The van der Waals surface area contributed by atoms with Crippen LogP contribution in [-0.4, -0.2) is 28.8 Å². The van der Waals surface area contributed by atoms with Gasteiger partial charge in [-0.25, -0.2) is 4.39 Å². The van der Waals surface area contributed by atoms with E-state index in [9.17, 15) is 14.4 Å². The molecule has 136 valence electrons. The van der Waals surface area contributed by atoms with Crippen LogP contribution in [0.4, 0.5) is 15.9 Å². The highest BCUT2D eigenvalue weighted by atomic mass is 19.1. The van der Waals surface area contributed by atoms with E-state index in [1.807, 2.05) is 7.05 Å². The Balaban J connectivity index is 1.88. The number of halogens is 1. The summed E-state index contributed by atoms with van der Waals surface area (Å²) in [6.07, 6.45) is 4.01. The van der Waals surface area contributed by atoms with Crippen molar-refractivity contribution in [1.29, 1.82) is 5.26 Å². The first-order valence-electron chi connectivity index (χ1n) is 8.50. The standard InChI is InChI=1S/C18H21FN6O/c1-22-14-6-7-16(11(8-14)9-20)25-10-15(17(21)26)18(24-25)23-13-4-2-12(19)3-5-13/h2-5,10-11,14,16,22H,6-8H2,1H3,(H2,21,26)(H,23,24)/t11-,14-,16+/m1/s1. The maximum absolute atomic E-state index is 13.1. The van der Waals surface area contributed by atoms with Crippen LogP contribution in [0.25, 0.3) is 0 Å². The van der Waals surface area contributed by atoms with Crippen LogP contribution < -0.4 is 16.4 Å². The Morgan fingerprint density at radius 3 is 2.73 bits per heavy atom. The largest absolute Gasteiger partial charge is 0.365 e. The van der Waals surface area contributed by atoms with E-state index >= 15 is 0 Å². The number of nitrogens with zero attached hydrogens (tertiary/aromatic N) is 3. The van der Waals surface area contributed by atoms with Crippen LogP contribution in [0.5, 0.6) is 0 Å². The summed E-state index contributed by atoms with van der Waals surface area (Å²) in [5.74, 6) is -0.871. The van der Waals surface area contributed by atoms with Crippen LogP contribution in [0, 0.1) is 23.1 Å². The van der Waals surface area contributed by atoms with Crippen LogP contribution in [-0.2, 0) is 0 Å². The zero-order valence-electron chi connectivity index (χ0n) is 14.4. The van der Waals surface area contributed by atoms with Crippen LogP contribution >= 0.6 is 0 Å². The number of nitrogens with one attached hydrogen (secondary N) is 2. The zero-order valence-corrected chi connectivity index (χ0v) is 14.4. The molecular formula is C18H21FN6O. The molecule has 26 heavy (non-hydrogen) atoms. The summed E-state index contributed by atoms with van der Waals surface area (Å²) >= 11 is 0. The molecule has 1 saturated carbocycles. The van der Waals surface area contributed by atoms with Crippen LogP contribution in [0.1, 0.15) is 35.7 Å². The molecule has 8 heteroatoms. The number of nitrogens with two attached hydrogens (primary N) is 1. The molecule has 1 aromatic carbocycles. The monoisotopic (exact) mass is 356 g/mol. The average Bonchev–Trinajstić information content (AvgIpc) is 3.07. The van der Waals surface area contributed by atoms with Crippen molar-refractivity contribution in [2.45, 2.75) is 31.3 Å². The summed E-state index contributed by atoms with van der Waals surface area (Å²) in [4.78, 5) is 11.8. The fraction of sp³-hybridized carbons (Fsp3) is 0.389. The van der Waals surface area contributed by atoms with Crippen molar-refractivity contribution in [3.05, 3.63) is 41.8 Å². The first-order valence-corrected chi connectivity index (χ1v) is 8.50. The van der Waals surface area contributed by atoms with Gasteiger partial charge in [-0.3, -0.25) is 9.48 Å². The van der Waals surface area contributed by atoms with Crippen molar-refractivity contribution >= 4 is 17.4 Å². The first kappa shape index (κ1) is 17.9. The summed E-state index contributed by atoms with van der Waals surface area (Å²) < 4.78 is 14.7. The number of aromatic nitrogens is 2. The third-order valence-electron chi connectivity index (χ3n) is 4.83. The fourth-order valence-electron chi connectivity index (χ4n) is 3.38. The third kappa shape index (κ3) is 3.68. The molecule has 1 aromatic heterocycles. The highest BCUT2D eigenvalue weighted by Crippen LogP contribution is 2.34. The second kappa shape index (κ2) is 7.54. The molecule has 1 aliphatic carbocycles. The van der Waals surface area contributed by atoms with E-state index in [2.05, 4.69) is 21.8 Å². The zero-order chi connectivity index (χ0) is 18.7. The SMILES string of the molecule is CN[C@@H]1CC[C@H](n2cc(C(N)=O)c(Nc3ccc(F)cc3)n2)[C@@H](C#N)C1. The molecule has 0 aliphatic heterocycles. The lowest BCUT2D eigenvalue weighted by molar-refractivity contribution is 0.100. The number of hydrogen-bond acceptors (Lipinski definition) is 5. The lowest BCUT2D eigenvalue weighted by Gasteiger charge is -2.32. The second-order valence-electron chi connectivity index (χ2n) is 6.47. The average molecular weight is 356 g/mol. The predicted molar refractivity (Wildman–Crippen MR) is 95.3 cm³/mol. The molecule has 0 radical (unpaired) electrons. The van der Waals surface area contributed by atoms with E-state index < -0.39 is 5.91 Å². The molecule has 0 saturated heterocycles. The molecular weight excluding hydrogens is 335 g/mol. The van der Waals surface area contributed by atoms with Gasteiger partial charge >= 0.3 is 0 Å². The molecule has 1 fully saturated rings. The van der Waals surface area contributed by atoms with Gasteiger partial charge in [-0.05, 0) is 50.6 Å². The number of benzene rings is 1. The van der Waals surface area contributed by atoms with Crippen LogP contribution in [0.3, 0.4) is 0 Å².